The molecule has 2 aromatic rings. The Bertz CT molecular complexity index is 553. The van der Waals surface area contributed by atoms with Crippen molar-refractivity contribution in [1.29, 1.82) is 0 Å². The first-order valence-corrected chi connectivity index (χ1v) is 7.37. The number of benzene rings is 1. The Morgan fingerprint density at radius 1 is 1.19 bits per heavy atom. The van der Waals surface area contributed by atoms with Crippen LogP contribution in [0, 0.1) is 0 Å². The summed E-state index contributed by atoms with van der Waals surface area (Å²) in [5, 5.41) is 7.20. The Morgan fingerprint density at radius 3 is 2.52 bits per heavy atom. The minimum atomic E-state index is 0.157. The summed E-state index contributed by atoms with van der Waals surface area (Å²) in [4.78, 5) is 0. The van der Waals surface area contributed by atoms with Gasteiger partial charge in [-0.25, -0.2) is 0 Å². The predicted octanol–water partition coefficient (Wildman–Crippen LogP) is 3.66. The second-order valence-corrected chi connectivity index (χ2v) is 6.13. The van der Waals surface area contributed by atoms with Gasteiger partial charge in [0, 0.05) is 12.6 Å². The molecule has 0 fully saturated rings. The molecule has 21 heavy (non-hydrogen) atoms. The number of rotatable bonds is 6. The van der Waals surface area contributed by atoms with Crippen molar-refractivity contribution in [2.45, 2.75) is 46.3 Å². The van der Waals surface area contributed by atoms with Crippen molar-refractivity contribution in [2.75, 3.05) is 6.54 Å². The highest BCUT2D eigenvalue weighted by Crippen LogP contribution is 2.24. The summed E-state index contributed by atoms with van der Waals surface area (Å²) in [5.41, 5.74) is 2.35. The standard InChI is InChI=1S/C17H24N2O2/c1-5-18-11-14-10-16(21-19-14)12-20-15-8-6-13(7-9-15)17(2,3)4/h6-10,18H,5,11-12H2,1-4H3. The van der Waals surface area contributed by atoms with Gasteiger partial charge in [-0.3, -0.25) is 0 Å². The van der Waals surface area contributed by atoms with Crippen LogP contribution in [0.4, 0.5) is 0 Å². The zero-order valence-corrected chi connectivity index (χ0v) is 13.3. The monoisotopic (exact) mass is 288 g/mol. The van der Waals surface area contributed by atoms with Gasteiger partial charge in [0.25, 0.3) is 0 Å². The highest BCUT2D eigenvalue weighted by Gasteiger charge is 2.13. The third kappa shape index (κ3) is 4.60. The van der Waals surface area contributed by atoms with Crippen LogP contribution in [0.1, 0.15) is 44.7 Å². The van der Waals surface area contributed by atoms with Crippen molar-refractivity contribution in [1.82, 2.24) is 10.5 Å². The van der Waals surface area contributed by atoms with Crippen molar-refractivity contribution in [2.24, 2.45) is 0 Å². The minimum Gasteiger partial charge on any atom is -0.486 e. The van der Waals surface area contributed by atoms with Gasteiger partial charge in [0.05, 0.1) is 5.69 Å². The zero-order valence-electron chi connectivity index (χ0n) is 13.3. The Morgan fingerprint density at radius 2 is 1.90 bits per heavy atom. The average Bonchev–Trinajstić information content (AvgIpc) is 2.90. The van der Waals surface area contributed by atoms with Gasteiger partial charge in [0.2, 0.25) is 0 Å². The van der Waals surface area contributed by atoms with Gasteiger partial charge >= 0.3 is 0 Å². The molecule has 0 spiro atoms. The number of nitrogens with one attached hydrogen (secondary N) is 1. The van der Waals surface area contributed by atoms with Gasteiger partial charge < -0.3 is 14.6 Å². The number of aromatic nitrogens is 1. The van der Waals surface area contributed by atoms with Crippen molar-refractivity contribution >= 4 is 0 Å². The van der Waals surface area contributed by atoms with Crippen LogP contribution in [-0.2, 0) is 18.6 Å². The first-order chi connectivity index (χ1) is 9.99. The highest BCUT2D eigenvalue weighted by atomic mass is 16.5. The van der Waals surface area contributed by atoms with E-state index in [1.807, 2.05) is 18.2 Å². The van der Waals surface area contributed by atoms with Crippen LogP contribution < -0.4 is 10.1 Å². The molecule has 0 unspecified atom stereocenters. The highest BCUT2D eigenvalue weighted by molar-refractivity contribution is 5.31. The molecule has 4 heteroatoms. The largest absolute Gasteiger partial charge is 0.486 e. The lowest BCUT2D eigenvalue weighted by Gasteiger charge is -2.19. The second kappa shape index (κ2) is 6.76. The average molecular weight is 288 g/mol. The lowest BCUT2D eigenvalue weighted by atomic mass is 9.87. The molecule has 0 aliphatic carbocycles. The molecule has 0 radical (unpaired) electrons. The van der Waals surface area contributed by atoms with Gasteiger partial charge in [-0.05, 0) is 29.7 Å². The van der Waals surface area contributed by atoms with E-state index in [0.717, 1.165) is 30.3 Å². The van der Waals surface area contributed by atoms with Crippen LogP contribution >= 0.6 is 0 Å². The summed E-state index contributed by atoms with van der Waals surface area (Å²) in [6, 6.07) is 10.1. The Balaban J connectivity index is 1.89. The fourth-order valence-electron chi connectivity index (χ4n) is 1.97. The normalized spacial score (nSPS) is 11.6. The smallest absolute Gasteiger partial charge is 0.174 e. The number of nitrogens with zero attached hydrogens (tertiary/aromatic N) is 1. The predicted molar refractivity (Wildman–Crippen MR) is 83.4 cm³/mol. The van der Waals surface area contributed by atoms with Gasteiger partial charge in [0.15, 0.2) is 5.76 Å². The zero-order chi connectivity index (χ0) is 15.3. The Hall–Kier alpha value is -1.81. The molecule has 1 aromatic carbocycles. The molecule has 4 nitrogen and oxygen atoms in total. The maximum Gasteiger partial charge on any atom is 0.174 e. The first kappa shape index (κ1) is 15.6. The number of hydrogen-bond acceptors (Lipinski definition) is 4. The molecule has 114 valence electrons. The molecular formula is C17H24N2O2. The van der Waals surface area contributed by atoms with Crippen LogP contribution in [0.25, 0.3) is 0 Å². The molecule has 0 saturated carbocycles. The van der Waals surface area contributed by atoms with E-state index in [1.165, 1.54) is 5.56 Å². The maximum absolute atomic E-state index is 5.72. The van der Waals surface area contributed by atoms with E-state index in [2.05, 4.69) is 50.3 Å². The lowest BCUT2D eigenvalue weighted by Crippen LogP contribution is -2.11. The summed E-state index contributed by atoms with van der Waals surface area (Å²) in [5.74, 6) is 1.58. The van der Waals surface area contributed by atoms with E-state index >= 15 is 0 Å². The molecule has 2 rings (SSSR count). The van der Waals surface area contributed by atoms with E-state index in [4.69, 9.17) is 9.26 Å². The van der Waals surface area contributed by atoms with Crippen molar-refractivity contribution in [3.8, 4) is 5.75 Å². The molecule has 1 heterocycles. The third-order valence-electron chi connectivity index (χ3n) is 3.27. The van der Waals surface area contributed by atoms with Crippen LogP contribution in [0.3, 0.4) is 0 Å². The van der Waals surface area contributed by atoms with E-state index in [-0.39, 0.29) is 5.41 Å². The molecular weight excluding hydrogens is 264 g/mol. The van der Waals surface area contributed by atoms with Crippen LogP contribution in [0.5, 0.6) is 5.75 Å². The molecule has 0 aliphatic rings. The fourth-order valence-corrected chi connectivity index (χ4v) is 1.97. The summed E-state index contributed by atoms with van der Waals surface area (Å²) >= 11 is 0. The maximum atomic E-state index is 5.72. The minimum absolute atomic E-state index is 0.157. The number of ether oxygens (including phenoxy) is 1. The summed E-state index contributed by atoms with van der Waals surface area (Å²) in [7, 11) is 0. The topological polar surface area (TPSA) is 47.3 Å². The van der Waals surface area contributed by atoms with Crippen molar-refractivity contribution < 1.29 is 9.26 Å². The van der Waals surface area contributed by atoms with E-state index in [9.17, 15) is 0 Å². The summed E-state index contributed by atoms with van der Waals surface area (Å²) < 4.78 is 11.0. The van der Waals surface area contributed by atoms with E-state index < -0.39 is 0 Å². The molecule has 0 atom stereocenters. The molecule has 0 bridgehead atoms. The van der Waals surface area contributed by atoms with Crippen LogP contribution in [0.15, 0.2) is 34.9 Å². The van der Waals surface area contributed by atoms with E-state index in [1.54, 1.807) is 0 Å². The molecule has 0 aliphatic heterocycles. The number of hydrogen-bond donors (Lipinski definition) is 1. The Labute approximate surface area is 126 Å². The van der Waals surface area contributed by atoms with Crippen molar-refractivity contribution in [3.63, 3.8) is 0 Å². The van der Waals surface area contributed by atoms with Gasteiger partial charge in [0.1, 0.15) is 12.4 Å². The van der Waals surface area contributed by atoms with Crippen LogP contribution in [0.2, 0.25) is 0 Å². The molecule has 0 saturated heterocycles. The Kier molecular flexibility index (Phi) is 5.02. The second-order valence-electron chi connectivity index (χ2n) is 6.13. The summed E-state index contributed by atoms with van der Waals surface area (Å²) in [6.45, 7) is 10.7. The first-order valence-electron chi connectivity index (χ1n) is 7.37. The van der Waals surface area contributed by atoms with Crippen LogP contribution in [-0.4, -0.2) is 11.7 Å². The van der Waals surface area contributed by atoms with Crippen molar-refractivity contribution in [3.05, 3.63) is 47.3 Å². The lowest BCUT2D eigenvalue weighted by molar-refractivity contribution is 0.248. The van der Waals surface area contributed by atoms with Gasteiger partial charge in [-0.2, -0.15) is 0 Å². The molecule has 0 amide bonds. The fraction of sp³-hybridized carbons (Fsp3) is 0.471. The van der Waals surface area contributed by atoms with Gasteiger partial charge in [-0.1, -0.05) is 45.0 Å². The van der Waals surface area contributed by atoms with E-state index in [0.29, 0.717) is 6.61 Å². The van der Waals surface area contributed by atoms with Gasteiger partial charge in [-0.15, -0.1) is 0 Å². The summed E-state index contributed by atoms with van der Waals surface area (Å²) in [6.07, 6.45) is 0. The SMILES string of the molecule is CCNCc1cc(COc2ccc(C(C)(C)C)cc2)on1. The molecule has 1 aromatic heterocycles. The quantitative estimate of drug-likeness (QED) is 0.881. The molecule has 1 N–H and O–H groups in total. The third-order valence-corrected chi connectivity index (χ3v) is 3.27.